The lowest BCUT2D eigenvalue weighted by molar-refractivity contribution is 0.112. The third kappa shape index (κ3) is 4.12. The van der Waals surface area contributed by atoms with Crippen molar-refractivity contribution in [3.05, 3.63) is 53.6 Å². The van der Waals surface area contributed by atoms with Crippen LogP contribution >= 0.6 is 0 Å². The van der Waals surface area contributed by atoms with E-state index in [9.17, 15) is 4.79 Å². The lowest BCUT2D eigenvalue weighted by atomic mass is 10.1. The van der Waals surface area contributed by atoms with Gasteiger partial charge in [0.25, 0.3) is 0 Å². The van der Waals surface area contributed by atoms with Crippen LogP contribution in [0.2, 0.25) is 0 Å². The summed E-state index contributed by atoms with van der Waals surface area (Å²) in [5.41, 5.74) is 1.57. The fourth-order valence-corrected chi connectivity index (χ4v) is 1.62. The smallest absolute Gasteiger partial charge is 0.153 e. The van der Waals surface area contributed by atoms with E-state index in [1.165, 1.54) is 0 Å². The predicted octanol–water partition coefficient (Wildman–Crippen LogP) is 4.63. The number of carbonyl (C=O) groups excluding carboxylic acids is 1. The second kappa shape index (κ2) is 8.00. The number of methoxy groups -OCH3 is 1. The van der Waals surface area contributed by atoms with Gasteiger partial charge in [-0.15, -0.1) is 0 Å². The Morgan fingerprint density at radius 3 is 2.10 bits per heavy atom. The number of aldehydes is 1. The SMILES string of the molecule is CC.COc1ccc(Oc2ccc(C)cc2C=O)cc1. The molecule has 0 saturated heterocycles. The minimum atomic E-state index is 0.547. The molecule has 2 aromatic rings. The monoisotopic (exact) mass is 272 g/mol. The van der Waals surface area contributed by atoms with E-state index in [0.717, 1.165) is 17.6 Å². The summed E-state index contributed by atoms with van der Waals surface area (Å²) in [6, 6.07) is 12.7. The van der Waals surface area contributed by atoms with Crippen molar-refractivity contribution in [1.82, 2.24) is 0 Å². The summed E-state index contributed by atoms with van der Waals surface area (Å²) in [6.07, 6.45) is 0.797. The Bertz CT molecular complexity index is 545. The van der Waals surface area contributed by atoms with E-state index in [1.807, 2.05) is 39.0 Å². The van der Waals surface area contributed by atoms with Crippen LogP contribution in [0.3, 0.4) is 0 Å². The maximum Gasteiger partial charge on any atom is 0.153 e. The van der Waals surface area contributed by atoms with E-state index < -0.39 is 0 Å². The first kappa shape index (κ1) is 15.8. The highest BCUT2D eigenvalue weighted by Gasteiger charge is 2.04. The van der Waals surface area contributed by atoms with E-state index in [4.69, 9.17) is 9.47 Å². The van der Waals surface area contributed by atoms with Crippen LogP contribution in [0, 0.1) is 6.92 Å². The molecule has 0 aliphatic carbocycles. The third-order valence-electron chi connectivity index (χ3n) is 2.58. The molecule has 0 aliphatic heterocycles. The molecule has 0 heterocycles. The molecule has 0 saturated carbocycles. The minimum Gasteiger partial charge on any atom is -0.497 e. The van der Waals surface area contributed by atoms with E-state index in [-0.39, 0.29) is 0 Å². The molecular weight excluding hydrogens is 252 g/mol. The van der Waals surface area contributed by atoms with Gasteiger partial charge in [-0.1, -0.05) is 25.5 Å². The number of hydrogen-bond donors (Lipinski definition) is 0. The van der Waals surface area contributed by atoms with Crippen molar-refractivity contribution in [3.8, 4) is 17.2 Å². The van der Waals surface area contributed by atoms with Crippen molar-refractivity contribution in [2.24, 2.45) is 0 Å². The van der Waals surface area contributed by atoms with Crippen LogP contribution in [0.25, 0.3) is 0 Å². The highest BCUT2D eigenvalue weighted by atomic mass is 16.5. The molecule has 3 nitrogen and oxygen atoms in total. The predicted molar refractivity (Wildman–Crippen MR) is 81.0 cm³/mol. The van der Waals surface area contributed by atoms with Crippen molar-refractivity contribution in [3.63, 3.8) is 0 Å². The average molecular weight is 272 g/mol. The van der Waals surface area contributed by atoms with Gasteiger partial charge in [0.1, 0.15) is 17.2 Å². The molecule has 3 heteroatoms. The van der Waals surface area contributed by atoms with Gasteiger partial charge in [-0.2, -0.15) is 0 Å². The van der Waals surface area contributed by atoms with E-state index in [2.05, 4.69) is 0 Å². The summed E-state index contributed by atoms with van der Waals surface area (Å²) in [7, 11) is 1.61. The van der Waals surface area contributed by atoms with Crippen LogP contribution in [0.1, 0.15) is 29.8 Å². The van der Waals surface area contributed by atoms with Gasteiger partial charge >= 0.3 is 0 Å². The number of ether oxygens (including phenoxy) is 2. The quantitative estimate of drug-likeness (QED) is 0.761. The zero-order valence-corrected chi connectivity index (χ0v) is 12.3. The fraction of sp³-hybridized carbons (Fsp3) is 0.235. The number of rotatable bonds is 4. The minimum absolute atomic E-state index is 0.547. The highest BCUT2D eigenvalue weighted by Crippen LogP contribution is 2.26. The van der Waals surface area contributed by atoms with Gasteiger partial charge in [-0.3, -0.25) is 4.79 Å². The first-order chi connectivity index (χ1) is 9.72. The maximum absolute atomic E-state index is 11.0. The Morgan fingerprint density at radius 2 is 1.55 bits per heavy atom. The van der Waals surface area contributed by atoms with Crippen molar-refractivity contribution < 1.29 is 14.3 Å². The van der Waals surface area contributed by atoms with Gasteiger partial charge in [0.05, 0.1) is 12.7 Å². The first-order valence-electron chi connectivity index (χ1n) is 6.60. The Hall–Kier alpha value is -2.29. The lowest BCUT2D eigenvalue weighted by Crippen LogP contribution is -1.91. The highest BCUT2D eigenvalue weighted by molar-refractivity contribution is 5.79. The summed E-state index contributed by atoms with van der Waals surface area (Å²) < 4.78 is 10.7. The molecule has 0 radical (unpaired) electrons. The van der Waals surface area contributed by atoms with Crippen LogP contribution < -0.4 is 9.47 Å². The van der Waals surface area contributed by atoms with E-state index >= 15 is 0 Å². The summed E-state index contributed by atoms with van der Waals surface area (Å²) >= 11 is 0. The van der Waals surface area contributed by atoms with E-state index in [0.29, 0.717) is 17.1 Å². The maximum atomic E-state index is 11.0. The Morgan fingerprint density at radius 1 is 0.950 bits per heavy atom. The molecule has 2 rings (SSSR count). The fourth-order valence-electron chi connectivity index (χ4n) is 1.62. The zero-order valence-electron chi connectivity index (χ0n) is 12.3. The Kier molecular flexibility index (Phi) is 6.30. The molecule has 0 aliphatic rings. The van der Waals surface area contributed by atoms with Crippen molar-refractivity contribution >= 4 is 6.29 Å². The lowest BCUT2D eigenvalue weighted by Gasteiger charge is -2.09. The second-order valence-electron chi connectivity index (χ2n) is 3.94. The van der Waals surface area contributed by atoms with Crippen molar-refractivity contribution in [2.45, 2.75) is 20.8 Å². The molecule has 0 spiro atoms. The normalized spacial score (nSPS) is 9.20. The molecule has 0 fully saturated rings. The van der Waals surface area contributed by atoms with Gasteiger partial charge in [0.2, 0.25) is 0 Å². The summed E-state index contributed by atoms with van der Waals surface area (Å²) in [6.45, 7) is 5.93. The Labute approximate surface area is 120 Å². The summed E-state index contributed by atoms with van der Waals surface area (Å²) in [5, 5.41) is 0. The number of aryl methyl sites for hydroxylation is 1. The molecule has 2 aromatic carbocycles. The zero-order chi connectivity index (χ0) is 15.0. The standard InChI is InChI=1S/C15H14O3.C2H6/c1-11-3-8-15(12(9-11)10-16)18-14-6-4-13(17-2)5-7-14;1-2/h3-10H,1-2H3;1-2H3. The van der Waals surface area contributed by atoms with Crippen LogP contribution in [-0.4, -0.2) is 13.4 Å². The van der Waals surface area contributed by atoms with Gasteiger partial charge in [0.15, 0.2) is 6.29 Å². The molecule has 0 unspecified atom stereocenters. The second-order valence-corrected chi connectivity index (χ2v) is 3.94. The largest absolute Gasteiger partial charge is 0.497 e. The molecule has 0 aromatic heterocycles. The average Bonchev–Trinajstić information content (AvgIpc) is 2.51. The van der Waals surface area contributed by atoms with Crippen LogP contribution in [0.4, 0.5) is 0 Å². The van der Waals surface area contributed by atoms with Gasteiger partial charge in [0, 0.05) is 0 Å². The summed E-state index contributed by atoms with van der Waals surface area (Å²) in [4.78, 5) is 11.0. The van der Waals surface area contributed by atoms with E-state index in [1.54, 1.807) is 31.4 Å². The van der Waals surface area contributed by atoms with Gasteiger partial charge in [-0.25, -0.2) is 0 Å². The van der Waals surface area contributed by atoms with Crippen molar-refractivity contribution in [1.29, 1.82) is 0 Å². The third-order valence-corrected chi connectivity index (χ3v) is 2.58. The number of carbonyl (C=O) groups is 1. The molecule has 0 atom stereocenters. The van der Waals surface area contributed by atoms with Gasteiger partial charge < -0.3 is 9.47 Å². The van der Waals surface area contributed by atoms with Crippen LogP contribution in [-0.2, 0) is 0 Å². The first-order valence-corrected chi connectivity index (χ1v) is 6.60. The van der Waals surface area contributed by atoms with Gasteiger partial charge in [-0.05, 0) is 43.3 Å². The molecule has 106 valence electrons. The molecule has 20 heavy (non-hydrogen) atoms. The molecule has 0 N–H and O–H groups in total. The van der Waals surface area contributed by atoms with Crippen LogP contribution in [0.15, 0.2) is 42.5 Å². The Balaban J connectivity index is 0.000000956. The van der Waals surface area contributed by atoms with Crippen LogP contribution in [0.5, 0.6) is 17.2 Å². The molecular formula is C17H20O3. The van der Waals surface area contributed by atoms with Crippen molar-refractivity contribution in [2.75, 3.05) is 7.11 Å². The number of hydrogen-bond acceptors (Lipinski definition) is 3. The summed E-state index contributed by atoms with van der Waals surface area (Å²) in [5.74, 6) is 1.99. The topological polar surface area (TPSA) is 35.5 Å². The molecule has 0 bridgehead atoms. The molecule has 0 amide bonds. The number of benzene rings is 2.